The van der Waals surface area contributed by atoms with Gasteiger partial charge in [0, 0.05) is 18.2 Å². The molecular weight excluding hydrogens is 162 g/mol. The Bertz CT molecular complexity index is 368. The first-order chi connectivity index (χ1) is 6.22. The van der Waals surface area contributed by atoms with Gasteiger partial charge < -0.3 is 4.74 Å². The van der Waals surface area contributed by atoms with Crippen LogP contribution in [0.15, 0.2) is 23.2 Å². The fourth-order valence-electron chi connectivity index (χ4n) is 1.68. The van der Waals surface area contributed by atoms with Crippen LogP contribution in [0.4, 0.5) is 0 Å². The van der Waals surface area contributed by atoms with E-state index in [4.69, 9.17) is 4.74 Å². The lowest BCUT2D eigenvalue weighted by atomic mass is 10.0. The van der Waals surface area contributed by atoms with Crippen molar-refractivity contribution in [2.45, 2.75) is 20.0 Å². The van der Waals surface area contributed by atoms with Crippen molar-refractivity contribution in [1.29, 1.82) is 0 Å². The molecule has 1 aromatic carbocycles. The molecule has 0 fully saturated rings. The summed E-state index contributed by atoms with van der Waals surface area (Å²) >= 11 is 0. The van der Waals surface area contributed by atoms with Gasteiger partial charge >= 0.3 is 0 Å². The van der Waals surface area contributed by atoms with Gasteiger partial charge in [0.05, 0.1) is 0 Å². The molecule has 0 radical (unpaired) electrons. The molecule has 2 rings (SSSR count). The molecule has 0 aromatic heterocycles. The van der Waals surface area contributed by atoms with Crippen LogP contribution in [0, 0.1) is 6.92 Å². The maximum atomic E-state index is 5.59. The van der Waals surface area contributed by atoms with E-state index < -0.39 is 0 Å². The lowest BCUT2D eigenvalue weighted by molar-refractivity contribution is 0.231. The fraction of sp³-hybridized carbons (Fsp3) is 0.364. The van der Waals surface area contributed by atoms with E-state index in [2.05, 4.69) is 37.0 Å². The number of hydrogen-bond donors (Lipinski definition) is 0. The highest BCUT2D eigenvalue weighted by atomic mass is 16.5. The normalized spacial score (nSPS) is 23.0. The van der Waals surface area contributed by atoms with Crippen molar-refractivity contribution in [3.05, 3.63) is 34.9 Å². The molecule has 1 aliphatic rings. The lowest BCUT2D eigenvalue weighted by Gasteiger charge is -2.02. The SMILES string of the molecule is CN=C1OC(C)c2cc(C)ccc21. The third-order valence-corrected chi connectivity index (χ3v) is 2.37. The van der Waals surface area contributed by atoms with E-state index in [0.29, 0.717) is 0 Å². The Morgan fingerprint density at radius 3 is 2.85 bits per heavy atom. The summed E-state index contributed by atoms with van der Waals surface area (Å²) < 4.78 is 5.59. The van der Waals surface area contributed by atoms with Crippen LogP contribution in [0.2, 0.25) is 0 Å². The van der Waals surface area contributed by atoms with Crippen molar-refractivity contribution < 1.29 is 4.74 Å². The van der Waals surface area contributed by atoms with Crippen molar-refractivity contribution in [2.24, 2.45) is 4.99 Å². The summed E-state index contributed by atoms with van der Waals surface area (Å²) in [5.74, 6) is 0.766. The minimum Gasteiger partial charge on any atom is -0.470 e. The van der Waals surface area contributed by atoms with Gasteiger partial charge in [-0.1, -0.05) is 17.7 Å². The van der Waals surface area contributed by atoms with E-state index in [1.165, 1.54) is 11.1 Å². The molecule has 2 nitrogen and oxygen atoms in total. The highest BCUT2D eigenvalue weighted by Crippen LogP contribution is 2.30. The first-order valence-electron chi connectivity index (χ1n) is 4.46. The molecule has 1 atom stereocenters. The molecule has 0 spiro atoms. The lowest BCUT2D eigenvalue weighted by Crippen LogP contribution is -1.96. The summed E-state index contributed by atoms with van der Waals surface area (Å²) in [6.07, 6.45) is 0.147. The van der Waals surface area contributed by atoms with Crippen LogP contribution in [-0.2, 0) is 4.74 Å². The Morgan fingerprint density at radius 2 is 2.15 bits per heavy atom. The van der Waals surface area contributed by atoms with Gasteiger partial charge in [-0.3, -0.25) is 4.99 Å². The van der Waals surface area contributed by atoms with Gasteiger partial charge in [0.1, 0.15) is 6.10 Å². The number of nitrogens with zero attached hydrogens (tertiary/aromatic N) is 1. The summed E-state index contributed by atoms with van der Waals surface area (Å²) in [4.78, 5) is 4.10. The van der Waals surface area contributed by atoms with Crippen LogP contribution < -0.4 is 0 Å². The zero-order chi connectivity index (χ0) is 9.42. The monoisotopic (exact) mass is 175 g/mol. The second-order valence-corrected chi connectivity index (χ2v) is 3.38. The number of hydrogen-bond acceptors (Lipinski definition) is 2. The van der Waals surface area contributed by atoms with Gasteiger partial charge in [-0.05, 0) is 19.9 Å². The summed E-state index contributed by atoms with van der Waals surface area (Å²) in [6.45, 7) is 4.14. The molecule has 1 aromatic rings. The van der Waals surface area contributed by atoms with Crippen LogP contribution in [0.25, 0.3) is 0 Å². The molecule has 0 saturated heterocycles. The highest BCUT2D eigenvalue weighted by molar-refractivity contribution is 5.98. The van der Waals surface area contributed by atoms with Crippen LogP contribution >= 0.6 is 0 Å². The molecule has 68 valence electrons. The van der Waals surface area contributed by atoms with Gasteiger partial charge in [-0.2, -0.15) is 0 Å². The minimum atomic E-state index is 0.147. The van der Waals surface area contributed by atoms with E-state index >= 15 is 0 Å². The van der Waals surface area contributed by atoms with Crippen molar-refractivity contribution in [3.63, 3.8) is 0 Å². The molecule has 1 heterocycles. The van der Waals surface area contributed by atoms with Crippen LogP contribution in [0.1, 0.15) is 29.7 Å². The summed E-state index contributed by atoms with van der Waals surface area (Å²) in [7, 11) is 1.76. The average Bonchev–Trinajstić information content (AvgIpc) is 2.43. The maximum absolute atomic E-state index is 5.59. The standard InChI is InChI=1S/C11H13NO/c1-7-4-5-9-10(6-7)8(2)13-11(9)12-3/h4-6,8H,1-3H3. The number of benzene rings is 1. The second kappa shape index (κ2) is 2.87. The van der Waals surface area contributed by atoms with E-state index in [1.54, 1.807) is 7.05 Å². The molecule has 0 N–H and O–H groups in total. The number of aliphatic imine (C=N–C) groups is 1. The largest absolute Gasteiger partial charge is 0.470 e. The second-order valence-electron chi connectivity index (χ2n) is 3.38. The van der Waals surface area contributed by atoms with E-state index in [-0.39, 0.29) is 6.10 Å². The van der Waals surface area contributed by atoms with Crippen molar-refractivity contribution in [3.8, 4) is 0 Å². The first kappa shape index (κ1) is 8.30. The van der Waals surface area contributed by atoms with Gasteiger partial charge in [0.15, 0.2) is 0 Å². The van der Waals surface area contributed by atoms with Gasteiger partial charge in [0.25, 0.3) is 0 Å². The van der Waals surface area contributed by atoms with E-state index in [0.717, 1.165) is 11.5 Å². The minimum absolute atomic E-state index is 0.147. The van der Waals surface area contributed by atoms with Crippen LogP contribution in [0.3, 0.4) is 0 Å². The molecule has 0 saturated carbocycles. The molecule has 2 heteroatoms. The number of ether oxygens (including phenoxy) is 1. The number of rotatable bonds is 0. The molecule has 1 aliphatic heterocycles. The maximum Gasteiger partial charge on any atom is 0.216 e. The van der Waals surface area contributed by atoms with Gasteiger partial charge in [0.2, 0.25) is 5.90 Å². The van der Waals surface area contributed by atoms with Crippen molar-refractivity contribution in [1.82, 2.24) is 0 Å². The molecule has 1 unspecified atom stereocenters. The summed E-state index contributed by atoms with van der Waals surface area (Å²) in [5.41, 5.74) is 3.66. The van der Waals surface area contributed by atoms with Crippen molar-refractivity contribution in [2.75, 3.05) is 7.05 Å². The van der Waals surface area contributed by atoms with Crippen LogP contribution in [0.5, 0.6) is 0 Å². The Morgan fingerprint density at radius 1 is 1.38 bits per heavy atom. The van der Waals surface area contributed by atoms with E-state index in [9.17, 15) is 0 Å². The topological polar surface area (TPSA) is 21.6 Å². The highest BCUT2D eigenvalue weighted by Gasteiger charge is 2.24. The van der Waals surface area contributed by atoms with Gasteiger partial charge in [-0.15, -0.1) is 0 Å². The average molecular weight is 175 g/mol. The van der Waals surface area contributed by atoms with Gasteiger partial charge in [-0.25, -0.2) is 0 Å². The molecular formula is C11H13NO. The Balaban J connectivity index is 2.58. The molecule has 0 aliphatic carbocycles. The summed E-state index contributed by atoms with van der Waals surface area (Å²) in [5, 5.41) is 0. The Labute approximate surface area is 78.3 Å². The Kier molecular flexibility index (Phi) is 1.83. The quantitative estimate of drug-likeness (QED) is 0.593. The first-order valence-corrected chi connectivity index (χ1v) is 4.46. The van der Waals surface area contributed by atoms with Crippen molar-refractivity contribution >= 4 is 5.90 Å². The zero-order valence-corrected chi connectivity index (χ0v) is 8.16. The molecule has 0 amide bonds. The number of fused-ring (bicyclic) bond motifs is 1. The van der Waals surface area contributed by atoms with Crippen LogP contribution in [-0.4, -0.2) is 12.9 Å². The van der Waals surface area contributed by atoms with E-state index in [1.807, 2.05) is 0 Å². The molecule has 0 bridgehead atoms. The summed E-state index contributed by atoms with van der Waals surface area (Å²) in [6, 6.07) is 6.33. The predicted octanol–water partition coefficient (Wildman–Crippen LogP) is 2.46. The third kappa shape index (κ3) is 1.22. The smallest absolute Gasteiger partial charge is 0.216 e. The molecule has 13 heavy (non-hydrogen) atoms. The zero-order valence-electron chi connectivity index (χ0n) is 8.16. The number of aryl methyl sites for hydroxylation is 1. The predicted molar refractivity (Wildman–Crippen MR) is 53.1 cm³/mol. The fourth-order valence-corrected chi connectivity index (χ4v) is 1.68. The third-order valence-electron chi connectivity index (χ3n) is 2.37. The Hall–Kier alpha value is -1.31.